The van der Waals surface area contributed by atoms with Crippen molar-refractivity contribution in [3.63, 3.8) is 0 Å². The first kappa shape index (κ1) is 19.2. The number of sulfonamides is 1. The van der Waals surface area contributed by atoms with Crippen LogP contribution in [0.1, 0.15) is 5.56 Å². The number of nitrogens with one attached hydrogen (secondary N) is 1. The Kier molecular flexibility index (Phi) is 5.08. The molecule has 0 saturated carbocycles. The van der Waals surface area contributed by atoms with E-state index in [9.17, 15) is 12.8 Å². The van der Waals surface area contributed by atoms with Crippen molar-refractivity contribution in [2.45, 2.75) is 18.4 Å². The minimum atomic E-state index is -3.85. The van der Waals surface area contributed by atoms with Crippen molar-refractivity contribution in [3.05, 3.63) is 72.4 Å². The molecular weight excluding hydrogens is 393 g/mol. The van der Waals surface area contributed by atoms with Crippen LogP contribution in [0.4, 0.5) is 4.39 Å². The van der Waals surface area contributed by atoms with Gasteiger partial charge in [0.2, 0.25) is 10.0 Å². The molecule has 0 aliphatic heterocycles. The molecule has 3 aromatic heterocycles. The number of hydrogen-bond donors (Lipinski definition) is 1. The van der Waals surface area contributed by atoms with Gasteiger partial charge in [-0.05, 0) is 48.9 Å². The van der Waals surface area contributed by atoms with Crippen LogP contribution in [-0.4, -0.2) is 34.5 Å². The smallest absolute Gasteiger partial charge is 0.240 e. The molecule has 0 aliphatic rings. The summed E-state index contributed by atoms with van der Waals surface area (Å²) in [6.07, 6.45) is 5.00. The lowest BCUT2D eigenvalue weighted by Crippen LogP contribution is -2.28. The fourth-order valence-electron chi connectivity index (χ4n) is 3.12. The molecule has 1 aromatic carbocycles. The molecule has 0 spiro atoms. The third-order valence-electron chi connectivity index (χ3n) is 4.51. The van der Waals surface area contributed by atoms with Crippen molar-refractivity contribution in [3.8, 4) is 11.4 Å². The van der Waals surface area contributed by atoms with Crippen molar-refractivity contribution < 1.29 is 12.8 Å². The first-order valence-corrected chi connectivity index (χ1v) is 10.4. The highest BCUT2D eigenvalue weighted by Gasteiger charge is 2.18. The number of imidazole rings is 1. The summed E-state index contributed by atoms with van der Waals surface area (Å²) in [6, 6.07) is 11.0. The molecule has 0 unspecified atom stereocenters. The van der Waals surface area contributed by atoms with E-state index in [-0.39, 0.29) is 11.4 Å². The topological polar surface area (TPSA) is 89.8 Å². The van der Waals surface area contributed by atoms with Crippen LogP contribution in [0, 0.1) is 12.7 Å². The lowest BCUT2D eigenvalue weighted by Gasteiger charge is -2.12. The number of aryl methyl sites for hydroxylation is 1. The first-order valence-electron chi connectivity index (χ1n) is 8.93. The van der Waals surface area contributed by atoms with Crippen molar-refractivity contribution >= 4 is 21.2 Å². The predicted molar refractivity (Wildman–Crippen MR) is 107 cm³/mol. The number of aromatic nitrogens is 4. The van der Waals surface area contributed by atoms with Crippen molar-refractivity contribution in [2.75, 3.05) is 6.54 Å². The molecule has 4 aromatic rings. The quantitative estimate of drug-likeness (QED) is 0.527. The average molecular weight is 411 g/mol. The lowest BCUT2D eigenvalue weighted by atomic mass is 10.2. The molecule has 4 rings (SSSR count). The largest absolute Gasteiger partial charge is 0.307 e. The molecular formula is C20H18FN5O2S. The van der Waals surface area contributed by atoms with E-state index in [0.29, 0.717) is 29.1 Å². The Labute approximate surface area is 167 Å². The second kappa shape index (κ2) is 7.69. The third kappa shape index (κ3) is 3.87. The zero-order valence-electron chi connectivity index (χ0n) is 15.6. The maximum atomic E-state index is 13.5. The normalized spacial score (nSPS) is 11.8. The fraction of sp³-hybridized carbons (Fsp3) is 0.150. The third-order valence-corrected chi connectivity index (χ3v) is 6.11. The summed E-state index contributed by atoms with van der Waals surface area (Å²) in [5, 5.41) is 0. The Bertz CT molecular complexity index is 1270. The van der Waals surface area contributed by atoms with Gasteiger partial charge in [-0.25, -0.2) is 27.5 Å². The van der Waals surface area contributed by atoms with E-state index in [1.165, 1.54) is 12.1 Å². The number of fused-ring (bicyclic) bond motifs is 1. The van der Waals surface area contributed by atoms with Gasteiger partial charge in [0.15, 0.2) is 5.65 Å². The molecule has 29 heavy (non-hydrogen) atoms. The number of pyridine rings is 2. The number of rotatable bonds is 6. The van der Waals surface area contributed by atoms with Gasteiger partial charge in [-0.15, -0.1) is 0 Å². The molecule has 0 fully saturated rings. The van der Waals surface area contributed by atoms with Gasteiger partial charge < -0.3 is 4.57 Å². The second-order valence-electron chi connectivity index (χ2n) is 6.48. The van der Waals surface area contributed by atoms with E-state index >= 15 is 0 Å². The summed E-state index contributed by atoms with van der Waals surface area (Å²) in [4.78, 5) is 13.0. The highest BCUT2D eigenvalue weighted by molar-refractivity contribution is 7.89. The minimum absolute atomic E-state index is 0.0690. The van der Waals surface area contributed by atoms with Crippen molar-refractivity contribution in [1.82, 2.24) is 24.2 Å². The monoisotopic (exact) mass is 411 g/mol. The molecule has 1 N–H and O–H groups in total. The predicted octanol–water partition coefficient (Wildman–Crippen LogP) is 2.92. The molecule has 0 aliphatic carbocycles. The second-order valence-corrected chi connectivity index (χ2v) is 8.21. The van der Waals surface area contributed by atoms with Crippen LogP contribution < -0.4 is 4.72 Å². The van der Waals surface area contributed by atoms with Crippen LogP contribution in [0.2, 0.25) is 0 Å². The Morgan fingerprint density at radius 3 is 2.69 bits per heavy atom. The zero-order chi connectivity index (χ0) is 20.4. The highest BCUT2D eigenvalue weighted by Crippen LogP contribution is 2.23. The van der Waals surface area contributed by atoms with Gasteiger partial charge in [-0.2, -0.15) is 0 Å². The summed E-state index contributed by atoms with van der Waals surface area (Å²) in [5.74, 6) is 0.0722. The van der Waals surface area contributed by atoms with Crippen LogP contribution >= 0.6 is 0 Å². The van der Waals surface area contributed by atoms with E-state index in [0.717, 1.165) is 11.6 Å². The molecule has 148 valence electrons. The van der Waals surface area contributed by atoms with Gasteiger partial charge in [-0.3, -0.25) is 4.98 Å². The van der Waals surface area contributed by atoms with Crippen molar-refractivity contribution in [1.29, 1.82) is 0 Å². The Balaban J connectivity index is 1.62. The zero-order valence-corrected chi connectivity index (χ0v) is 16.4. The molecule has 9 heteroatoms. The van der Waals surface area contributed by atoms with E-state index in [1.807, 2.05) is 22.8 Å². The van der Waals surface area contributed by atoms with E-state index in [4.69, 9.17) is 0 Å². The van der Waals surface area contributed by atoms with Gasteiger partial charge >= 0.3 is 0 Å². The highest BCUT2D eigenvalue weighted by atomic mass is 32.2. The molecule has 0 amide bonds. The van der Waals surface area contributed by atoms with Gasteiger partial charge in [0, 0.05) is 37.2 Å². The lowest BCUT2D eigenvalue weighted by molar-refractivity contribution is 0.570. The summed E-state index contributed by atoms with van der Waals surface area (Å²) in [7, 11) is -3.85. The minimum Gasteiger partial charge on any atom is -0.307 e. The molecule has 7 nitrogen and oxygen atoms in total. The Morgan fingerprint density at radius 2 is 1.90 bits per heavy atom. The molecule has 3 heterocycles. The van der Waals surface area contributed by atoms with Crippen LogP contribution in [0.25, 0.3) is 22.6 Å². The number of halogens is 1. The summed E-state index contributed by atoms with van der Waals surface area (Å²) in [5.41, 5.74) is 2.69. The molecule has 0 saturated heterocycles. The maximum Gasteiger partial charge on any atom is 0.240 e. The van der Waals surface area contributed by atoms with Crippen LogP contribution in [0.5, 0.6) is 0 Å². The average Bonchev–Trinajstić information content (AvgIpc) is 3.09. The van der Waals surface area contributed by atoms with Crippen LogP contribution in [-0.2, 0) is 16.6 Å². The van der Waals surface area contributed by atoms with Gasteiger partial charge in [0.05, 0.1) is 4.90 Å². The van der Waals surface area contributed by atoms with E-state index in [1.54, 1.807) is 31.6 Å². The van der Waals surface area contributed by atoms with Gasteiger partial charge in [0.25, 0.3) is 0 Å². The summed E-state index contributed by atoms with van der Waals surface area (Å²) in [6.45, 7) is 2.03. The van der Waals surface area contributed by atoms with Gasteiger partial charge in [-0.1, -0.05) is 6.07 Å². The van der Waals surface area contributed by atoms with Gasteiger partial charge in [0.1, 0.15) is 17.2 Å². The molecule has 0 radical (unpaired) electrons. The summed E-state index contributed by atoms with van der Waals surface area (Å²) >= 11 is 0. The van der Waals surface area contributed by atoms with Crippen LogP contribution in [0.3, 0.4) is 0 Å². The standard InChI is InChI=1S/C20H18FN5O2S/c1-14-4-5-16(21)13-18(14)29(27,28)24-11-12-26-19(15-6-9-22-10-7-15)25-17-3-2-8-23-20(17)26/h2-10,13,24H,11-12H2,1H3. The number of benzene rings is 1. The first-order chi connectivity index (χ1) is 14.0. The Hall–Kier alpha value is -3.17. The molecule has 0 atom stereocenters. The molecule has 0 bridgehead atoms. The summed E-state index contributed by atoms with van der Waals surface area (Å²) < 4.78 is 43.2. The SMILES string of the molecule is Cc1ccc(F)cc1S(=O)(=O)NCCn1c(-c2ccncc2)nc2cccnc21. The Morgan fingerprint density at radius 1 is 1.10 bits per heavy atom. The number of nitrogens with zero attached hydrogens (tertiary/aromatic N) is 4. The maximum absolute atomic E-state index is 13.5. The van der Waals surface area contributed by atoms with E-state index in [2.05, 4.69) is 19.7 Å². The van der Waals surface area contributed by atoms with E-state index < -0.39 is 15.8 Å². The van der Waals surface area contributed by atoms with Crippen LogP contribution in [0.15, 0.2) is 66.0 Å². The fourth-order valence-corrected chi connectivity index (χ4v) is 4.40. The number of hydrogen-bond acceptors (Lipinski definition) is 5. The van der Waals surface area contributed by atoms with Crippen molar-refractivity contribution in [2.24, 2.45) is 0 Å².